The average molecular weight is 256 g/mol. The molecule has 0 aromatic rings. The van der Waals surface area contributed by atoms with Crippen LogP contribution in [-0.4, -0.2) is 29.6 Å². The van der Waals surface area contributed by atoms with Gasteiger partial charge in [0.05, 0.1) is 6.54 Å². The predicted octanol–water partition coefficient (Wildman–Crippen LogP) is 1.74. The standard InChI is InChI=1S/C13H24N2O3/c1-12(2,3)18-11(17)15-13(10(16)9-14)7-5-4-6-8-13/h4-9,14H2,1-3H3,(H,15,17). The van der Waals surface area contributed by atoms with E-state index in [0.29, 0.717) is 12.8 Å². The van der Waals surface area contributed by atoms with Gasteiger partial charge in [0.25, 0.3) is 0 Å². The summed E-state index contributed by atoms with van der Waals surface area (Å²) in [5.74, 6) is -0.104. The first-order chi connectivity index (χ1) is 8.29. The van der Waals surface area contributed by atoms with Gasteiger partial charge in [-0.25, -0.2) is 4.79 Å². The van der Waals surface area contributed by atoms with E-state index in [4.69, 9.17) is 10.5 Å². The molecule has 0 aromatic heterocycles. The number of amides is 1. The number of nitrogens with two attached hydrogens (primary N) is 1. The Kier molecular flexibility index (Phi) is 4.73. The smallest absolute Gasteiger partial charge is 0.408 e. The Morgan fingerprint density at radius 2 is 1.78 bits per heavy atom. The van der Waals surface area contributed by atoms with E-state index in [9.17, 15) is 9.59 Å². The molecule has 1 aliphatic carbocycles. The summed E-state index contributed by atoms with van der Waals surface area (Å²) in [5, 5.41) is 2.75. The minimum absolute atomic E-state index is 0.0458. The fraction of sp³-hybridized carbons (Fsp3) is 0.846. The van der Waals surface area contributed by atoms with Crippen LogP contribution in [0.2, 0.25) is 0 Å². The van der Waals surface area contributed by atoms with Crippen LogP contribution in [0.1, 0.15) is 52.9 Å². The average Bonchev–Trinajstić information content (AvgIpc) is 2.26. The van der Waals surface area contributed by atoms with Crippen molar-refractivity contribution in [3.8, 4) is 0 Å². The molecule has 104 valence electrons. The van der Waals surface area contributed by atoms with Crippen molar-refractivity contribution < 1.29 is 14.3 Å². The van der Waals surface area contributed by atoms with Crippen LogP contribution in [0.5, 0.6) is 0 Å². The number of carbonyl (C=O) groups excluding carboxylic acids is 2. The van der Waals surface area contributed by atoms with Crippen LogP contribution in [-0.2, 0) is 9.53 Å². The van der Waals surface area contributed by atoms with Crippen molar-refractivity contribution in [3.05, 3.63) is 0 Å². The van der Waals surface area contributed by atoms with Gasteiger partial charge in [0.2, 0.25) is 0 Å². The fourth-order valence-electron chi connectivity index (χ4n) is 2.32. The van der Waals surface area contributed by atoms with Gasteiger partial charge in [-0.05, 0) is 33.6 Å². The summed E-state index contributed by atoms with van der Waals surface area (Å²) >= 11 is 0. The van der Waals surface area contributed by atoms with Crippen LogP contribution in [0.4, 0.5) is 4.79 Å². The molecule has 0 unspecified atom stereocenters. The van der Waals surface area contributed by atoms with E-state index in [-0.39, 0.29) is 12.3 Å². The van der Waals surface area contributed by atoms with Gasteiger partial charge >= 0.3 is 6.09 Å². The molecule has 5 heteroatoms. The highest BCUT2D eigenvalue weighted by molar-refractivity contribution is 5.93. The number of Topliss-reactive ketones (excluding diaryl/α,β-unsaturated/α-hetero) is 1. The molecule has 1 rings (SSSR count). The Balaban J connectivity index is 2.73. The molecule has 3 N–H and O–H groups in total. The minimum Gasteiger partial charge on any atom is -0.444 e. The molecule has 0 bridgehead atoms. The van der Waals surface area contributed by atoms with E-state index < -0.39 is 17.2 Å². The number of nitrogens with one attached hydrogen (secondary N) is 1. The zero-order valence-corrected chi connectivity index (χ0v) is 11.5. The lowest BCUT2D eigenvalue weighted by molar-refractivity contribution is -0.125. The van der Waals surface area contributed by atoms with Gasteiger partial charge < -0.3 is 15.8 Å². The summed E-state index contributed by atoms with van der Waals surface area (Å²) in [6.07, 6.45) is 3.73. The lowest BCUT2D eigenvalue weighted by Crippen LogP contribution is -2.58. The van der Waals surface area contributed by atoms with Crippen molar-refractivity contribution in [2.24, 2.45) is 5.73 Å². The molecule has 0 heterocycles. The van der Waals surface area contributed by atoms with Crippen LogP contribution in [0, 0.1) is 0 Å². The molecule has 0 spiro atoms. The predicted molar refractivity (Wildman–Crippen MR) is 69.2 cm³/mol. The Morgan fingerprint density at radius 1 is 1.22 bits per heavy atom. The molecule has 1 amide bonds. The first-order valence-corrected chi connectivity index (χ1v) is 6.54. The maximum Gasteiger partial charge on any atom is 0.408 e. The Labute approximate surface area is 108 Å². The Morgan fingerprint density at radius 3 is 2.22 bits per heavy atom. The van der Waals surface area contributed by atoms with Gasteiger partial charge in [0, 0.05) is 0 Å². The quantitative estimate of drug-likeness (QED) is 0.806. The summed E-state index contributed by atoms with van der Waals surface area (Å²) < 4.78 is 5.22. The van der Waals surface area contributed by atoms with Gasteiger partial charge in [-0.15, -0.1) is 0 Å². The summed E-state index contributed by atoms with van der Waals surface area (Å²) in [6, 6.07) is 0. The number of ketones is 1. The Bertz CT molecular complexity index is 315. The second-order valence-electron chi connectivity index (χ2n) is 5.90. The van der Waals surface area contributed by atoms with E-state index in [1.54, 1.807) is 20.8 Å². The van der Waals surface area contributed by atoms with E-state index in [1.165, 1.54) is 0 Å². The van der Waals surface area contributed by atoms with Crippen LogP contribution >= 0.6 is 0 Å². The van der Waals surface area contributed by atoms with Gasteiger partial charge in [0.15, 0.2) is 5.78 Å². The van der Waals surface area contributed by atoms with E-state index >= 15 is 0 Å². The van der Waals surface area contributed by atoms with Crippen LogP contribution < -0.4 is 11.1 Å². The second kappa shape index (κ2) is 5.69. The number of alkyl carbamates (subject to hydrolysis) is 1. The molecule has 5 nitrogen and oxygen atoms in total. The molecular weight excluding hydrogens is 232 g/mol. The molecule has 0 saturated heterocycles. The minimum atomic E-state index is -0.810. The molecule has 1 fully saturated rings. The normalized spacial score (nSPS) is 19.1. The van der Waals surface area contributed by atoms with Crippen LogP contribution in [0.15, 0.2) is 0 Å². The molecule has 0 aromatic carbocycles. The third kappa shape index (κ3) is 3.98. The molecule has 18 heavy (non-hydrogen) atoms. The highest BCUT2D eigenvalue weighted by Gasteiger charge is 2.40. The third-order valence-corrected chi connectivity index (χ3v) is 3.17. The summed E-state index contributed by atoms with van der Waals surface area (Å²) in [7, 11) is 0. The van der Waals surface area contributed by atoms with Gasteiger partial charge in [-0.3, -0.25) is 4.79 Å². The first kappa shape index (κ1) is 15.0. The van der Waals surface area contributed by atoms with E-state index in [2.05, 4.69) is 5.32 Å². The fourth-order valence-corrected chi connectivity index (χ4v) is 2.32. The number of carbonyl (C=O) groups is 2. The lowest BCUT2D eigenvalue weighted by atomic mass is 9.78. The zero-order valence-electron chi connectivity index (χ0n) is 11.5. The van der Waals surface area contributed by atoms with Crippen molar-refractivity contribution in [2.45, 2.75) is 64.0 Å². The summed E-state index contributed by atoms with van der Waals surface area (Å²) in [6.45, 7) is 5.34. The zero-order chi connectivity index (χ0) is 13.8. The van der Waals surface area contributed by atoms with Crippen molar-refractivity contribution in [2.75, 3.05) is 6.54 Å². The number of hydrogen-bond acceptors (Lipinski definition) is 4. The van der Waals surface area contributed by atoms with Gasteiger partial charge in [-0.2, -0.15) is 0 Å². The van der Waals surface area contributed by atoms with Crippen LogP contribution in [0.3, 0.4) is 0 Å². The molecule has 1 aliphatic rings. The lowest BCUT2D eigenvalue weighted by Gasteiger charge is -2.36. The topological polar surface area (TPSA) is 81.4 Å². The first-order valence-electron chi connectivity index (χ1n) is 6.54. The molecule has 1 saturated carbocycles. The number of hydrogen-bond donors (Lipinski definition) is 2. The molecule has 0 aliphatic heterocycles. The number of ether oxygens (including phenoxy) is 1. The largest absolute Gasteiger partial charge is 0.444 e. The van der Waals surface area contributed by atoms with Gasteiger partial charge in [-0.1, -0.05) is 19.3 Å². The maximum absolute atomic E-state index is 12.0. The highest BCUT2D eigenvalue weighted by atomic mass is 16.6. The SMILES string of the molecule is CC(C)(C)OC(=O)NC1(C(=O)CN)CCCCC1. The third-order valence-electron chi connectivity index (χ3n) is 3.17. The molecule has 0 atom stereocenters. The van der Waals surface area contributed by atoms with Crippen molar-refractivity contribution >= 4 is 11.9 Å². The van der Waals surface area contributed by atoms with Crippen LogP contribution in [0.25, 0.3) is 0 Å². The van der Waals surface area contributed by atoms with Crippen molar-refractivity contribution in [1.82, 2.24) is 5.32 Å². The van der Waals surface area contributed by atoms with E-state index in [1.807, 2.05) is 0 Å². The monoisotopic (exact) mass is 256 g/mol. The second-order valence-corrected chi connectivity index (χ2v) is 5.90. The summed E-state index contributed by atoms with van der Waals surface area (Å²) in [4.78, 5) is 23.8. The molecular formula is C13H24N2O3. The summed E-state index contributed by atoms with van der Waals surface area (Å²) in [5.41, 5.74) is 4.08. The maximum atomic E-state index is 12.0. The van der Waals surface area contributed by atoms with Crippen molar-refractivity contribution in [1.29, 1.82) is 0 Å². The van der Waals surface area contributed by atoms with Gasteiger partial charge in [0.1, 0.15) is 11.1 Å². The van der Waals surface area contributed by atoms with Crippen molar-refractivity contribution in [3.63, 3.8) is 0 Å². The molecule has 0 radical (unpaired) electrons. The highest BCUT2D eigenvalue weighted by Crippen LogP contribution is 2.29. The van der Waals surface area contributed by atoms with E-state index in [0.717, 1.165) is 19.3 Å². The number of rotatable bonds is 3. The Hall–Kier alpha value is -1.10.